The topological polar surface area (TPSA) is 88.2 Å². The molecule has 0 spiro atoms. The minimum absolute atomic E-state index is 0.0790. The lowest BCUT2D eigenvalue weighted by atomic mass is 10.2. The standard InChI is InChI=1S/C11H10BrN3O2S/c12-7-1-2-18-9(7)5-15-10-8(13)3-6(4-14-10)11(16)17/h1-4H,5,13H2,(H,14,15)(H,16,17). The number of nitrogen functional groups attached to an aromatic ring is 1. The van der Waals surface area contributed by atoms with Gasteiger partial charge in [-0.15, -0.1) is 11.3 Å². The van der Waals surface area contributed by atoms with E-state index in [-0.39, 0.29) is 5.56 Å². The van der Waals surface area contributed by atoms with E-state index >= 15 is 0 Å². The van der Waals surface area contributed by atoms with Gasteiger partial charge in [0.25, 0.3) is 0 Å². The minimum Gasteiger partial charge on any atom is -0.478 e. The van der Waals surface area contributed by atoms with E-state index in [0.717, 1.165) is 9.35 Å². The van der Waals surface area contributed by atoms with E-state index < -0.39 is 5.97 Å². The van der Waals surface area contributed by atoms with Crippen molar-refractivity contribution in [3.8, 4) is 0 Å². The molecule has 2 aromatic rings. The van der Waals surface area contributed by atoms with Crippen molar-refractivity contribution in [2.24, 2.45) is 0 Å². The highest BCUT2D eigenvalue weighted by Gasteiger charge is 2.08. The summed E-state index contributed by atoms with van der Waals surface area (Å²) >= 11 is 5.04. The molecular formula is C11H10BrN3O2S. The maximum atomic E-state index is 10.7. The summed E-state index contributed by atoms with van der Waals surface area (Å²) in [4.78, 5) is 15.9. The summed E-state index contributed by atoms with van der Waals surface area (Å²) in [5.41, 5.74) is 6.14. The first-order valence-corrected chi connectivity index (χ1v) is 6.69. The van der Waals surface area contributed by atoms with E-state index in [2.05, 4.69) is 26.2 Å². The Morgan fingerprint density at radius 1 is 1.61 bits per heavy atom. The second-order valence-corrected chi connectivity index (χ2v) is 5.37. The second kappa shape index (κ2) is 5.36. The number of nitrogens with zero attached hydrogens (tertiary/aromatic N) is 1. The van der Waals surface area contributed by atoms with E-state index in [9.17, 15) is 4.79 Å². The minimum atomic E-state index is -1.04. The molecule has 2 heterocycles. The van der Waals surface area contributed by atoms with Crippen LogP contribution < -0.4 is 11.1 Å². The van der Waals surface area contributed by atoms with Crippen molar-refractivity contribution >= 4 is 44.7 Å². The van der Waals surface area contributed by atoms with Gasteiger partial charge in [0.15, 0.2) is 0 Å². The van der Waals surface area contributed by atoms with Gasteiger partial charge in [0.1, 0.15) is 5.82 Å². The molecule has 0 aromatic carbocycles. The number of aromatic nitrogens is 1. The lowest BCUT2D eigenvalue weighted by Gasteiger charge is -2.08. The van der Waals surface area contributed by atoms with Crippen LogP contribution in [-0.4, -0.2) is 16.1 Å². The largest absolute Gasteiger partial charge is 0.478 e. The van der Waals surface area contributed by atoms with Gasteiger partial charge in [0, 0.05) is 15.5 Å². The van der Waals surface area contributed by atoms with E-state index in [0.29, 0.717) is 18.1 Å². The molecule has 0 unspecified atom stereocenters. The first kappa shape index (κ1) is 12.8. The molecule has 0 aliphatic heterocycles. The van der Waals surface area contributed by atoms with Gasteiger partial charge in [-0.05, 0) is 33.4 Å². The number of hydrogen-bond donors (Lipinski definition) is 3. The third-order valence-electron chi connectivity index (χ3n) is 2.27. The Balaban J connectivity index is 2.11. The number of pyridine rings is 1. The van der Waals surface area contributed by atoms with E-state index in [1.807, 2.05) is 11.4 Å². The highest BCUT2D eigenvalue weighted by Crippen LogP contribution is 2.24. The Kier molecular flexibility index (Phi) is 3.83. The van der Waals surface area contributed by atoms with Gasteiger partial charge < -0.3 is 16.2 Å². The van der Waals surface area contributed by atoms with Gasteiger partial charge in [-0.3, -0.25) is 0 Å². The molecule has 2 rings (SSSR count). The maximum absolute atomic E-state index is 10.7. The smallest absolute Gasteiger partial charge is 0.337 e. The molecule has 94 valence electrons. The van der Waals surface area contributed by atoms with E-state index in [1.54, 1.807) is 11.3 Å². The van der Waals surface area contributed by atoms with Gasteiger partial charge in [-0.1, -0.05) is 0 Å². The molecule has 0 saturated carbocycles. The van der Waals surface area contributed by atoms with Gasteiger partial charge in [0.2, 0.25) is 0 Å². The van der Waals surface area contributed by atoms with Crippen molar-refractivity contribution in [3.05, 3.63) is 38.6 Å². The summed E-state index contributed by atoms with van der Waals surface area (Å²) in [6.45, 7) is 0.585. The first-order chi connectivity index (χ1) is 8.58. The van der Waals surface area contributed by atoms with Crippen molar-refractivity contribution < 1.29 is 9.90 Å². The molecule has 0 atom stereocenters. The molecule has 0 amide bonds. The van der Waals surface area contributed by atoms with Gasteiger partial charge in [0.05, 0.1) is 17.8 Å². The van der Waals surface area contributed by atoms with Crippen molar-refractivity contribution in [2.45, 2.75) is 6.54 Å². The van der Waals surface area contributed by atoms with Gasteiger partial charge in [-0.25, -0.2) is 9.78 Å². The average molecular weight is 328 g/mol. The Hall–Kier alpha value is -1.60. The average Bonchev–Trinajstić information content (AvgIpc) is 2.73. The number of anilines is 2. The number of hydrogen-bond acceptors (Lipinski definition) is 5. The van der Waals surface area contributed by atoms with Crippen molar-refractivity contribution in [3.63, 3.8) is 0 Å². The van der Waals surface area contributed by atoms with E-state index in [1.165, 1.54) is 12.3 Å². The molecule has 0 saturated heterocycles. The lowest BCUT2D eigenvalue weighted by Crippen LogP contribution is -2.06. The summed E-state index contributed by atoms with van der Waals surface area (Å²) in [7, 11) is 0. The zero-order chi connectivity index (χ0) is 13.1. The number of rotatable bonds is 4. The van der Waals surface area contributed by atoms with Crippen molar-refractivity contribution in [2.75, 3.05) is 11.1 Å². The summed E-state index contributed by atoms with van der Waals surface area (Å²) in [5, 5.41) is 13.8. The van der Waals surface area contributed by atoms with Gasteiger partial charge in [-0.2, -0.15) is 0 Å². The quantitative estimate of drug-likeness (QED) is 0.803. The van der Waals surface area contributed by atoms with Crippen LogP contribution in [0.15, 0.2) is 28.2 Å². The summed E-state index contributed by atoms with van der Waals surface area (Å²) in [5.74, 6) is -0.554. The maximum Gasteiger partial charge on any atom is 0.337 e. The van der Waals surface area contributed by atoms with Crippen LogP contribution in [-0.2, 0) is 6.54 Å². The number of thiophene rings is 1. The fourth-order valence-corrected chi connectivity index (χ4v) is 2.79. The fourth-order valence-electron chi connectivity index (χ4n) is 1.36. The normalized spacial score (nSPS) is 10.3. The number of carbonyl (C=O) groups is 1. The summed E-state index contributed by atoms with van der Waals surface area (Å²) < 4.78 is 1.03. The molecule has 0 aliphatic rings. The number of nitrogens with one attached hydrogen (secondary N) is 1. The molecular weight excluding hydrogens is 318 g/mol. The second-order valence-electron chi connectivity index (χ2n) is 3.51. The lowest BCUT2D eigenvalue weighted by molar-refractivity contribution is 0.0696. The first-order valence-electron chi connectivity index (χ1n) is 5.02. The monoisotopic (exact) mass is 327 g/mol. The number of carboxylic acid groups (broad SMARTS) is 1. The van der Waals surface area contributed by atoms with Crippen LogP contribution >= 0.6 is 27.3 Å². The van der Waals surface area contributed by atoms with Crippen molar-refractivity contribution in [1.29, 1.82) is 0 Å². The predicted molar refractivity (Wildman–Crippen MR) is 75.0 cm³/mol. The third-order valence-corrected chi connectivity index (χ3v) is 4.20. The molecule has 0 aliphatic carbocycles. The predicted octanol–water partition coefficient (Wildman–Crippen LogP) is 2.80. The number of carboxylic acids is 1. The summed E-state index contributed by atoms with van der Waals surface area (Å²) in [6, 6.07) is 3.35. The molecule has 18 heavy (non-hydrogen) atoms. The Morgan fingerprint density at radius 3 is 2.94 bits per heavy atom. The van der Waals surface area contributed by atoms with Crippen LogP contribution in [0.3, 0.4) is 0 Å². The van der Waals surface area contributed by atoms with Crippen LogP contribution in [0.2, 0.25) is 0 Å². The molecule has 4 N–H and O–H groups in total. The summed E-state index contributed by atoms with van der Waals surface area (Å²) in [6.07, 6.45) is 1.28. The van der Waals surface area contributed by atoms with Crippen LogP contribution in [0.1, 0.15) is 15.2 Å². The molecule has 0 bridgehead atoms. The SMILES string of the molecule is Nc1cc(C(=O)O)cnc1NCc1sccc1Br. The molecule has 2 aromatic heterocycles. The fraction of sp³-hybridized carbons (Fsp3) is 0.0909. The van der Waals surface area contributed by atoms with Crippen molar-refractivity contribution in [1.82, 2.24) is 4.98 Å². The number of aromatic carboxylic acids is 1. The van der Waals surface area contributed by atoms with Crippen LogP contribution in [0.5, 0.6) is 0 Å². The Labute approximate surface area is 116 Å². The highest BCUT2D eigenvalue weighted by molar-refractivity contribution is 9.10. The molecule has 7 heteroatoms. The zero-order valence-corrected chi connectivity index (χ0v) is 11.6. The molecule has 5 nitrogen and oxygen atoms in total. The highest BCUT2D eigenvalue weighted by atomic mass is 79.9. The molecule has 0 radical (unpaired) electrons. The zero-order valence-electron chi connectivity index (χ0n) is 9.18. The van der Waals surface area contributed by atoms with Crippen LogP contribution in [0.25, 0.3) is 0 Å². The Bertz CT molecular complexity index is 585. The van der Waals surface area contributed by atoms with E-state index in [4.69, 9.17) is 10.8 Å². The Morgan fingerprint density at radius 2 is 2.39 bits per heavy atom. The van der Waals surface area contributed by atoms with Crippen LogP contribution in [0, 0.1) is 0 Å². The van der Waals surface area contributed by atoms with Crippen LogP contribution in [0.4, 0.5) is 11.5 Å². The third kappa shape index (κ3) is 2.80. The van der Waals surface area contributed by atoms with Gasteiger partial charge >= 0.3 is 5.97 Å². The number of halogens is 1. The molecule has 0 fully saturated rings. The number of nitrogens with two attached hydrogens (primary N) is 1.